The number of nitrogens with zero attached hydrogens (tertiary/aromatic N) is 2. The zero-order valence-corrected chi connectivity index (χ0v) is 13.4. The molecule has 2 aromatic rings. The monoisotopic (exact) mass is 312 g/mol. The van der Waals surface area contributed by atoms with Crippen molar-refractivity contribution in [3.63, 3.8) is 0 Å². The van der Waals surface area contributed by atoms with Crippen LogP contribution >= 0.6 is 0 Å². The van der Waals surface area contributed by atoms with Gasteiger partial charge in [-0.25, -0.2) is 4.98 Å². The lowest BCUT2D eigenvalue weighted by molar-refractivity contribution is 0.156. The largest absolute Gasteiger partial charge is 0.504 e. The zero-order valence-electron chi connectivity index (χ0n) is 13.4. The van der Waals surface area contributed by atoms with Crippen molar-refractivity contribution in [1.82, 2.24) is 9.88 Å². The summed E-state index contributed by atoms with van der Waals surface area (Å²) in [7, 11) is 3.27. The number of methoxy groups -OCH3 is 2. The van der Waals surface area contributed by atoms with Gasteiger partial charge in [0.2, 0.25) is 5.88 Å². The number of aromatic hydroxyl groups is 1. The van der Waals surface area contributed by atoms with E-state index in [0.29, 0.717) is 17.7 Å². The smallest absolute Gasteiger partial charge is 0.213 e. The fourth-order valence-corrected chi connectivity index (χ4v) is 3.80. The first-order valence-electron chi connectivity index (χ1n) is 7.87. The number of fused-ring (bicyclic) bond motifs is 4. The molecule has 0 saturated carbocycles. The van der Waals surface area contributed by atoms with Gasteiger partial charge in [-0.15, -0.1) is 0 Å². The second-order valence-corrected chi connectivity index (χ2v) is 6.09. The van der Waals surface area contributed by atoms with Gasteiger partial charge in [0.15, 0.2) is 11.5 Å². The number of pyridine rings is 1. The molecule has 4 rings (SSSR count). The Morgan fingerprint density at radius 2 is 2.04 bits per heavy atom. The van der Waals surface area contributed by atoms with Crippen molar-refractivity contribution in [2.75, 3.05) is 20.8 Å². The average Bonchev–Trinajstić information content (AvgIpc) is 2.59. The molecule has 120 valence electrons. The summed E-state index contributed by atoms with van der Waals surface area (Å²) >= 11 is 0. The third kappa shape index (κ3) is 2.23. The predicted octanol–water partition coefficient (Wildman–Crippen LogP) is 2.46. The SMILES string of the molecule is COc1ccc2c(n1)CCN1Cc3c(ccc(O)c3OC)C[C@@H]21. The van der Waals surface area contributed by atoms with Gasteiger partial charge in [0.25, 0.3) is 0 Å². The molecule has 0 fully saturated rings. The molecule has 0 saturated heterocycles. The van der Waals surface area contributed by atoms with Crippen LogP contribution < -0.4 is 9.47 Å². The zero-order chi connectivity index (χ0) is 16.0. The molecule has 5 nitrogen and oxygen atoms in total. The van der Waals surface area contributed by atoms with Gasteiger partial charge in [-0.2, -0.15) is 0 Å². The highest BCUT2D eigenvalue weighted by Gasteiger charge is 2.34. The maximum absolute atomic E-state index is 10.0. The van der Waals surface area contributed by atoms with E-state index in [1.165, 1.54) is 11.1 Å². The summed E-state index contributed by atoms with van der Waals surface area (Å²) in [5, 5.41) is 10.0. The van der Waals surface area contributed by atoms with Gasteiger partial charge in [-0.1, -0.05) is 12.1 Å². The van der Waals surface area contributed by atoms with Gasteiger partial charge in [0.05, 0.1) is 19.9 Å². The Labute approximate surface area is 135 Å². The number of benzene rings is 1. The van der Waals surface area contributed by atoms with E-state index in [1.807, 2.05) is 12.1 Å². The summed E-state index contributed by atoms with van der Waals surface area (Å²) in [6.45, 7) is 1.75. The van der Waals surface area contributed by atoms with Gasteiger partial charge >= 0.3 is 0 Å². The van der Waals surface area contributed by atoms with Crippen molar-refractivity contribution in [2.45, 2.75) is 25.4 Å². The number of ether oxygens (including phenoxy) is 2. The molecule has 0 amide bonds. The lowest BCUT2D eigenvalue weighted by Gasteiger charge is -2.41. The highest BCUT2D eigenvalue weighted by atomic mass is 16.5. The first-order chi connectivity index (χ1) is 11.2. The fraction of sp³-hybridized carbons (Fsp3) is 0.389. The van der Waals surface area contributed by atoms with E-state index in [2.05, 4.69) is 16.0 Å². The minimum atomic E-state index is 0.216. The average molecular weight is 312 g/mol. The Hall–Kier alpha value is -2.27. The first-order valence-corrected chi connectivity index (χ1v) is 7.87. The second-order valence-electron chi connectivity index (χ2n) is 6.09. The molecule has 0 aliphatic carbocycles. The summed E-state index contributed by atoms with van der Waals surface area (Å²) in [4.78, 5) is 7.06. The molecule has 1 N–H and O–H groups in total. The fourth-order valence-electron chi connectivity index (χ4n) is 3.80. The number of phenolic OH excluding ortho intramolecular Hbond substituents is 1. The van der Waals surface area contributed by atoms with Crippen LogP contribution in [0.15, 0.2) is 24.3 Å². The molecular weight excluding hydrogens is 292 g/mol. The van der Waals surface area contributed by atoms with Crippen LogP contribution in [0.1, 0.15) is 28.4 Å². The van der Waals surface area contributed by atoms with Crippen LogP contribution in [-0.4, -0.2) is 35.8 Å². The van der Waals surface area contributed by atoms with Crippen LogP contribution in [0.2, 0.25) is 0 Å². The number of phenols is 1. The predicted molar refractivity (Wildman–Crippen MR) is 86.0 cm³/mol. The van der Waals surface area contributed by atoms with E-state index in [9.17, 15) is 5.11 Å². The van der Waals surface area contributed by atoms with E-state index in [-0.39, 0.29) is 5.75 Å². The summed E-state index contributed by atoms with van der Waals surface area (Å²) in [5.41, 5.74) is 4.77. The third-order valence-corrected chi connectivity index (χ3v) is 4.94. The molecule has 0 spiro atoms. The highest BCUT2D eigenvalue weighted by molar-refractivity contribution is 5.52. The molecular formula is C18H20N2O3. The Morgan fingerprint density at radius 1 is 1.17 bits per heavy atom. The molecule has 2 aliphatic rings. The Kier molecular flexibility index (Phi) is 3.38. The van der Waals surface area contributed by atoms with Gasteiger partial charge in [-0.05, 0) is 23.6 Å². The van der Waals surface area contributed by atoms with Gasteiger partial charge in [-0.3, -0.25) is 4.90 Å². The molecule has 1 aromatic heterocycles. The maximum Gasteiger partial charge on any atom is 0.213 e. The van der Waals surface area contributed by atoms with Crippen molar-refractivity contribution in [3.05, 3.63) is 46.6 Å². The van der Waals surface area contributed by atoms with Crippen molar-refractivity contribution < 1.29 is 14.6 Å². The number of hydrogen-bond acceptors (Lipinski definition) is 5. The third-order valence-electron chi connectivity index (χ3n) is 4.94. The summed E-state index contributed by atoms with van der Waals surface area (Å²) in [6, 6.07) is 8.15. The molecule has 3 heterocycles. The standard InChI is InChI=1S/C18H20N2O3/c1-22-17-6-4-12-14(19-17)7-8-20-10-13-11(9-15(12)20)3-5-16(21)18(13)23-2/h3-6,15,21H,7-10H2,1-2H3/t15-/m0/s1. The number of hydrogen-bond donors (Lipinski definition) is 1. The first kappa shape index (κ1) is 14.3. The summed E-state index contributed by atoms with van der Waals surface area (Å²) < 4.78 is 10.7. The Bertz CT molecular complexity index is 760. The van der Waals surface area contributed by atoms with Crippen LogP contribution in [0.5, 0.6) is 17.4 Å². The molecule has 0 unspecified atom stereocenters. The van der Waals surface area contributed by atoms with Crippen molar-refractivity contribution in [2.24, 2.45) is 0 Å². The molecule has 23 heavy (non-hydrogen) atoms. The molecule has 0 bridgehead atoms. The minimum absolute atomic E-state index is 0.216. The lowest BCUT2D eigenvalue weighted by atomic mass is 9.85. The van der Waals surface area contributed by atoms with Crippen molar-refractivity contribution >= 4 is 0 Å². The van der Waals surface area contributed by atoms with Crippen LogP contribution in [0.25, 0.3) is 0 Å². The van der Waals surface area contributed by atoms with Crippen LogP contribution in [-0.2, 0) is 19.4 Å². The van der Waals surface area contributed by atoms with Crippen LogP contribution in [0.4, 0.5) is 0 Å². The summed E-state index contributed by atoms with van der Waals surface area (Å²) in [6.07, 6.45) is 1.83. The van der Waals surface area contributed by atoms with Crippen LogP contribution in [0, 0.1) is 0 Å². The Morgan fingerprint density at radius 3 is 2.83 bits per heavy atom. The van der Waals surface area contributed by atoms with Gasteiger partial charge < -0.3 is 14.6 Å². The van der Waals surface area contributed by atoms with Gasteiger partial charge in [0, 0.05) is 37.2 Å². The van der Waals surface area contributed by atoms with E-state index in [1.54, 1.807) is 20.3 Å². The van der Waals surface area contributed by atoms with E-state index in [4.69, 9.17) is 9.47 Å². The molecule has 0 radical (unpaired) electrons. The normalized spacial score (nSPS) is 19.5. The summed E-state index contributed by atoms with van der Waals surface area (Å²) in [5.74, 6) is 1.51. The van der Waals surface area contributed by atoms with E-state index < -0.39 is 0 Å². The number of rotatable bonds is 2. The van der Waals surface area contributed by atoms with E-state index >= 15 is 0 Å². The topological polar surface area (TPSA) is 54.8 Å². The molecule has 5 heteroatoms. The van der Waals surface area contributed by atoms with Crippen molar-refractivity contribution in [1.29, 1.82) is 0 Å². The number of aromatic nitrogens is 1. The highest BCUT2D eigenvalue weighted by Crippen LogP contribution is 2.43. The quantitative estimate of drug-likeness (QED) is 0.923. The van der Waals surface area contributed by atoms with Gasteiger partial charge in [0.1, 0.15) is 0 Å². The van der Waals surface area contributed by atoms with Crippen molar-refractivity contribution in [3.8, 4) is 17.4 Å². The Balaban J connectivity index is 1.75. The van der Waals surface area contributed by atoms with E-state index in [0.717, 1.165) is 37.2 Å². The molecule has 2 aliphatic heterocycles. The molecule has 1 atom stereocenters. The molecule has 1 aromatic carbocycles. The second kappa shape index (κ2) is 5.42. The maximum atomic E-state index is 10.0. The van der Waals surface area contributed by atoms with Crippen LogP contribution in [0.3, 0.4) is 0 Å². The minimum Gasteiger partial charge on any atom is -0.504 e. The lowest BCUT2D eigenvalue weighted by Crippen LogP contribution is -2.39.